The number of rotatable bonds is 11. The Morgan fingerprint density at radius 3 is 2.67 bits per heavy atom. The fourth-order valence-electron chi connectivity index (χ4n) is 6.93. The molecule has 0 aromatic heterocycles. The van der Waals surface area contributed by atoms with Crippen LogP contribution >= 0.6 is 15.9 Å². The SMILES string of the molecule is C=CCN(CCN1CCOCC1)C(=O)[C@H]1N([C@H](CO)c2ccccc2)C(=O)[C@@H]2[C@@H](C(=O)OCC)[C@@H]3O[C@@]21CC3Br. The number of fused-ring (bicyclic) bond motifs is 1. The van der Waals surface area contributed by atoms with Gasteiger partial charge >= 0.3 is 5.97 Å². The quantitative estimate of drug-likeness (QED) is 0.225. The number of halogens is 1. The Bertz CT molecular complexity index is 1100. The van der Waals surface area contributed by atoms with Gasteiger partial charge in [-0.25, -0.2) is 0 Å². The lowest BCUT2D eigenvalue weighted by Gasteiger charge is -2.40. The summed E-state index contributed by atoms with van der Waals surface area (Å²) in [5, 5.41) is 10.6. The number of benzene rings is 1. The molecule has 0 aliphatic carbocycles. The first-order chi connectivity index (χ1) is 19.4. The van der Waals surface area contributed by atoms with E-state index < -0.39 is 41.6 Å². The molecule has 40 heavy (non-hydrogen) atoms. The van der Waals surface area contributed by atoms with Crippen LogP contribution in [0.15, 0.2) is 43.0 Å². The third-order valence-corrected chi connectivity index (χ3v) is 9.51. The van der Waals surface area contributed by atoms with Crippen molar-refractivity contribution in [1.29, 1.82) is 0 Å². The van der Waals surface area contributed by atoms with Gasteiger partial charge in [-0.15, -0.1) is 6.58 Å². The number of carbonyl (C=O) groups is 3. The van der Waals surface area contributed by atoms with Crippen LogP contribution in [0, 0.1) is 11.8 Å². The van der Waals surface area contributed by atoms with Crippen molar-refractivity contribution in [2.75, 3.05) is 59.2 Å². The molecule has 4 fully saturated rings. The van der Waals surface area contributed by atoms with Gasteiger partial charge in [-0.2, -0.15) is 0 Å². The lowest BCUT2D eigenvalue weighted by molar-refractivity contribution is -0.156. The molecule has 4 aliphatic heterocycles. The van der Waals surface area contributed by atoms with Gasteiger partial charge in [0.25, 0.3) is 0 Å². The Morgan fingerprint density at radius 1 is 1.30 bits per heavy atom. The zero-order valence-corrected chi connectivity index (χ0v) is 24.4. The van der Waals surface area contributed by atoms with Crippen molar-refractivity contribution in [3.05, 3.63) is 48.6 Å². The van der Waals surface area contributed by atoms with Crippen molar-refractivity contribution >= 4 is 33.7 Å². The minimum atomic E-state index is -1.23. The number of aliphatic hydroxyl groups excluding tert-OH is 1. The van der Waals surface area contributed by atoms with Crippen LogP contribution in [0.1, 0.15) is 24.9 Å². The summed E-state index contributed by atoms with van der Waals surface area (Å²) in [5.74, 6) is -2.87. The molecule has 4 saturated heterocycles. The van der Waals surface area contributed by atoms with Gasteiger partial charge in [0.05, 0.1) is 50.4 Å². The monoisotopic (exact) mass is 619 g/mol. The average Bonchev–Trinajstić information content (AvgIpc) is 3.56. The van der Waals surface area contributed by atoms with Crippen LogP contribution < -0.4 is 0 Å². The van der Waals surface area contributed by atoms with Crippen molar-refractivity contribution in [2.45, 2.75) is 42.0 Å². The van der Waals surface area contributed by atoms with Gasteiger partial charge in [0.1, 0.15) is 11.6 Å². The lowest BCUT2D eigenvalue weighted by atomic mass is 9.70. The number of ether oxygens (including phenoxy) is 3. The number of amides is 2. The summed E-state index contributed by atoms with van der Waals surface area (Å²) in [6.45, 7) is 9.63. The Kier molecular flexibility index (Phi) is 8.96. The maximum absolute atomic E-state index is 14.6. The highest BCUT2D eigenvalue weighted by Gasteiger charge is 2.77. The molecule has 0 saturated carbocycles. The highest BCUT2D eigenvalue weighted by molar-refractivity contribution is 9.09. The summed E-state index contributed by atoms with van der Waals surface area (Å²) in [6.07, 6.45) is 1.47. The van der Waals surface area contributed by atoms with Crippen LogP contribution in [0.5, 0.6) is 0 Å². The number of aliphatic hydroxyl groups is 1. The van der Waals surface area contributed by atoms with E-state index in [0.717, 1.165) is 13.1 Å². The Labute approximate surface area is 243 Å². The molecule has 11 heteroatoms. The second kappa shape index (κ2) is 12.3. The highest BCUT2D eigenvalue weighted by atomic mass is 79.9. The first kappa shape index (κ1) is 29.2. The number of hydrogen-bond acceptors (Lipinski definition) is 8. The predicted molar refractivity (Wildman–Crippen MR) is 149 cm³/mol. The molecule has 1 aromatic carbocycles. The molecule has 4 aliphatic rings. The van der Waals surface area contributed by atoms with E-state index in [4.69, 9.17) is 14.2 Å². The fourth-order valence-corrected chi connectivity index (χ4v) is 7.87. The third-order valence-electron chi connectivity index (χ3n) is 8.66. The number of morpholine rings is 1. The average molecular weight is 621 g/mol. The first-order valence-corrected chi connectivity index (χ1v) is 15.0. The van der Waals surface area contributed by atoms with Crippen LogP contribution in [-0.2, 0) is 28.6 Å². The molecule has 1 N–H and O–H groups in total. The normalized spacial score (nSPS) is 32.1. The summed E-state index contributed by atoms with van der Waals surface area (Å²) in [7, 11) is 0. The highest BCUT2D eigenvalue weighted by Crippen LogP contribution is 2.61. The van der Waals surface area contributed by atoms with Crippen molar-refractivity contribution in [3.8, 4) is 0 Å². The molecule has 1 aromatic rings. The van der Waals surface area contributed by atoms with Crippen molar-refractivity contribution in [3.63, 3.8) is 0 Å². The topological polar surface area (TPSA) is 109 Å². The van der Waals surface area contributed by atoms with E-state index in [2.05, 4.69) is 27.4 Å². The number of nitrogens with zero attached hydrogens (tertiary/aromatic N) is 3. The van der Waals surface area contributed by atoms with E-state index in [1.165, 1.54) is 4.90 Å². The van der Waals surface area contributed by atoms with Gasteiger partial charge in [0.2, 0.25) is 11.8 Å². The molecule has 7 atom stereocenters. The lowest BCUT2D eigenvalue weighted by Crippen LogP contribution is -2.58. The molecular formula is C29H38BrN3O7. The van der Waals surface area contributed by atoms with E-state index in [1.807, 2.05) is 30.3 Å². The van der Waals surface area contributed by atoms with E-state index >= 15 is 0 Å². The zero-order valence-electron chi connectivity index (χ0n) is 22.8. The van der Waals surface area contributed by atoms with Gasteiger partial charge in [0.15, 0.2) is 0 Å². The number of carbonyl (C=O) groups excluding carboxylic acids is 3. The molecule has 2 bridgehead atoms. The number of hydrogen-bond donors (Lipinski definition) is 1. The van der Waals surface area contributed by atoms with Crippen molar-refractivity contribution in [1.82, 2.24) is 14.7 Å². The second-order valence-corrected chi connectivity index (χ2v) is 12.0. The number of alkyl halides is 1. The summed E-state index contributed by atoms with van der Waals surface area (Å²) in [4.78, 5) is 47.4. The van der Waals surface area contributed by atoms with E-state index in [0.29, 0.717) is 44.8 Å². The first-order valence-electron chi connectivity index (χ1n) is 14.0. The van der Waals surface area contributed by atoms with Crippen molar-refractivity contribution in [2.24, 2.45) is 11.8 Å². The van der Waals surface area contributed by atoms with E-state index in [-0.39, 0.29) is 29.9 Å². The van der Waals surface area contributed by atoms with Gasteiger partial charge in [-0.1, -0.05) is 52.3 Å². The molecule has 2 amide bonds. The Hall–Kier alpha value is -2.31. The van der Waals surface area contributed by atoms with Gasteiger partial charge in [-0.05, 0) is 18.9 Å². The molecule has 0 radical (unpaired) electrons. The minimum Gasteiger partial charge on any atom is -0.466 e. The summed E-state index contributed by atoms with van der Waals surface area (Å²) in [6, 6.07) is 7.36. The Balaban J connectivity index is 1.54. The molecule has 4 heterocycles. The summed E-state index contributed by atoms with van der Waals surface area (Å²) in [5.41, 5.74) is -0.529. The summed E-state index contributed by atoms with van der Waals surface area (Å²) >= 11 is 3.68. The Morgan fingerprint density at radius 2 is 2.02 bits per heavy atom. The summed E-state index contributed by atoms with van der Waals surface area (Å²) < 4.78 is 17.4. The van der Waals surface area contributed by atoms with E-state index in [9.17, 15) is 19.5 Å². The molecule has 218 valence electrons. The molecule has 1 unspecified atom stereocenters. The zero-order chi connectivity index (χ0) is 28.4. The smallest absolute Gasteiger partial charge is 0.312 e. The minimum absolute atomic E-state index is 0.174. The van der Waals surface area contributed by atoms with E-state index in [1.54, 1.807) is 17.9 Å². The maximum Gasteiger partial charge on any atom is 0.312 e. The van der Waals surface area contributed by atoms with Gasteiger partial charge < -0.3 is 29.1 Å². The van der Waals surface area contributed by atoms with Gasteiger partial charge in [-0.3, -0.25) is 19.3 Å². The molecule has 10 nitrogen and oxygen atoms in total. The van der Waals surface area contributed by atoms with Crippen LogP contribution in [-0.4, -0.2) is 119 Å². The molecule has 1 spiro atoms. The second-order valence-electron chi connectivity index (χ2n) is 10.8. The van der Waals surface area contributed by atoms with Crippen LogP contribution in [0.3, 0.4) is 0 Å². The predicted octanol–water partition coefficient (Wildman–Crippen LogP) is 1.38. The standard InChI is InChI=1S/C29H38BrN3O7/c1-3-10-32(12-11-31-13-15-38-16-14-31)27(36)25-29-17-20(30)24(40-29)22(28(37)39-4-2)23(29)26(35)33(25)21(18-34)19-8-6-5-7-9-19/h3,5-9,20-25,34H,1,4,10-18H2,2H3/t20?,21-,22-,23+,24-,25-,29+/m1/s1. The largest absolute Gasteiger partial charge is 0.466 e. The molecule has 5 rings (SSSR count). The number of esters is 1. The fraction of sp³-hybridized carbons (Fsp3) is 0.621. The number of likely N-dealkylation sites (tertiary alicyclic amines) is 1. The molecular weight excluding hydrogens is 582 g/mol. The van der Waals surface area contributed by atoms with Crippen LogP contribution in [0.2, 0.25) is 0 Å². The van der Waals surface area contributed by atoms with Crippen molar-refractivity contribution < 1.29 is 33.7 Å². The van der Waals surface area contributed by atoms with Crippen LogP contribution in [0.25, 0.3) is 0 Å². The van der Waals surface area contributed by atoms with Crippen LogP contribution in [0.4, 0.5) is 0 Å². The van der Waals surface area contributed by atoms with Gasteiger partial charge in [0, 0.05) is 37.6 Å². The third kappa shape index (κ3) is 5.00. The maximum atomic E-state index is 14.6.